The topological polar surface area (TPSA) is 93.5 Å². The van der Waals surface area contributed by atoms with Gasteiger partial charge in [0.15, 0.2) is 0 Å². The number of nitro groups is 1. The Morgan fingerprint density at radius 2 is 2.00 bits per heavy atom. The van der Waals surface area contributed by atoms with Crippen LogP contribution in [0.2, 0.25) is 0 Å². The highest BCUT2D eigenvalue weighted by atomic mass is 79.9. The van der Waals surface area contributed by atoms with Crippen LogP contribution in [0.3, 0.4) is 0 Å². The Labute approximate surface area is 145 Å². The van der Waals surface area contributed by atoms with Gasteiger partial charge in [0.2, 0.25) is 0 Å². The van der Waals surface area contributed by atoms with Gasteiger partial charge in [-0.2, -0.15) is 0 Å². The van der Waals surface area contributed by atoms with Crippen LogP contribution in [0.1, 0.15) is 6.42 Å². The molecule has 0 fully saturated rings. The molecular formula is C9H15BrCl2N3O4PS. The van der Waals surface area contributed by atoms with Crippen LogP contribution in [0.4, 0.5) is 0 Å². The molecule has 0 aromatic carbocycles. The Hall–Kier alpha value is 0.660. The van der Waals surface area contributed by atoms with Gasteiger partial charge in [-0.25, -0.2) is 10.2 Å². The first-order valence-corrected chi connectivity index (χ1v) is 10.3. The second kappa shape index (κ2) is 9.72. The molecule has 0 aromatic heterocycles. The molecule has 7 nitrogen and oxygen atoms in total. The van der Waals surface area contributed by atoms with Crippen molar-refractivity contribution in [3.63, 3.8) is 0 Å². The van der Waals surface area contributed by atoms with Crippen LogP contribution in [-0.4, -0.2) is 41.6 Å². The van der Waals surface area contributed by atoms with Gasteiger partial charge in [-0.05, 0) is 27.7 Å². The third kappa shape index (κ3) is 6.74. The van der Waals surface area contributed by atoms with E-state index in [1.54, 1.807) is 0 Å². The van der Waals surface area contributed by atoms with Gasteiger partial charge in [0.25, 0.3) is 0 Å². The summed E-state index contributed by atoms with van der Waals surface area (Å²) in [6.07, 6.45) is 0.464. The number of halogens is 3. The summed E-state index contributed by atoms with van der Waals surface area (Å²) >= 11 is 15.4. The maximum Gasteiger partial charge on any atom is 0.340 e. The molecule has 1 atom stereocenters. The first-order valence-electron chi connectivity index (χ1n) is 5.98. The van der Waals surface area contributed by atoms with Crippen LogP contribution in [0.15, 0.2) is 9.51 Å². The van der Waals surface area contributed by atoms with Crippen molar-refractivity contribution in [2.24, 2.45) is 0 Å². The van der Waals surface area contributed by atoms with Crippen molar-refractivity contribution in [1.82, 2.24) is 10.2 Å². The number of alkyl halides is 2. The Kier molecular flexibility index (Phi) is 9.12. The van der Waals surface area contributed by atoms with E-state index < -0.39 is 12.6 Å². The van der Waals surface area contributed by atoms with E-state index in [-0.39, 0.29) is 28.6 Å². The van der Waals surface area contributed by atoms with Crippen molar-refractivity contribution in [2.45, 2.75) is 11.7 Å². The smallest absolute Gasteiger partial charge is 0.305 e. The normalized spacial score (nSPS) is 19.3. The Bertz CT molecular complexity index is 445. The molecular weight excluding hydrogens is 428 g/mol. The highest BCUT2D eigenvalue weighted by Crippen LogP contribution is 2.44. The predicted molar refractivity (Wildman–Crippen MR) is 89.9 cm³/mol. The zero-order valence-corrected chi connectivity index (χ0v) is 15.7. The highest BCUT2D eigenvalue weighted by Gasteiger charge is 2.34. The monoisotopic (exact) mass is 441 g/mol. The number of hydrogen-bond acceptors (Lipinski definition) is 5. The number of nitrogens with one attached hydrogen (secondary N) is 2. The van der Waals surface area contributed by atoms with Gasteiger partial charge in [0, 0.05) is 36.5 Å². The standard InChI is InChI=1S/C9H15BrCl2N3O4PS/c10-8-5-7(21-9(8)15(16)17)6-19-20(18,13-3-1-11)14-4-2-12/h7H,1-6H2,(H2,13,14,18). The molecule has 0 amide bonds. The second-order valence-corrected chi connectivity index (χ2v) is 8.95. The SMILES string of the molecule is O=[N+]([O-])C1=C(Br)CC(COP(=O)(NCCCl)NCCCl)S1. The Morgan fingerprint density at radius 1 is 1.43 bits per heavy atom. The molecule has 1 unspecified atom stereocenters. The lowest BCUT2D eigenvalue weighted by Gasteiger charge is -2.21. The molecule has 122 valence electrons. The number of nitrogens with zero attached hydrogens (tertiary/aromatic N) is 1. The lowest BCUT2D eigenvalue weighted by molar-refractivity contribution is -0.410. The molecule has 0 saturated carbocycles. The van der Waals surface area contributed by atoms with Crippen LogP contribution in [0, 0.1) is 10.1 Å². The van der Waals surface area contributed by atoms with Crippen LogP contribution >= 0.6 is 58.6 Å². The maximum absolute atomic E-state index is 12.5. The summed E-state index contributed by atoms with van der Waals surface area (Å²) in [5.74, 6) is 0.569. The first kappa shape index (κ1) is 19.7. The summed E-state index contributed by atoms with van der Waals surface area (Å²) in [6.45, 7) is 0.737. The van der Waals surface area contributed by atoms with Gasteiger partial charge < -0.3 is 4.52 Å². The van der Waals surface area contributed by atoms with Gasteiger partial charge in [-0.15, -0.1) is 23.2 Å². The van der Waals surface area contributed by atoms with Gasteiger partial charge in [0.05, 0.1) is 16.0 Å². The van der Waals surface area contributed by atoms with Crippen molar-refractivity contribution in [1.29, 1.82) is 0 Å². The summed E-state index contributed by atoms with van der Waals surface area (Å²) < 4.78 is 18.4. The number of thioether (sulfide) groups is 1. The van der Waals surface area contributed by atoms with Crippen LogP contribution in [0.25, 0.3) is 0 Å². The fraction of sp³-hybridized carbons (Fsp3) is 0.778. The van der Waals surface area contributed by atoms with E-state index >= 15 is 0 Å². The summed E-state index contributed by atoms with van der Waals surface area (Å²) in [7, 11) is -3.25. The van der Waals surface area contributed by atoms with Crippen molar-refractivity contribution in [3.8, 4) is 0 Å². The molecule has 0 radical (unpaired) electrons. The zero-order chi connectivity index (χ0) is 15.9. The molecule has 1 aliphatic rings. The quantitative estimate of drug-likeness (QED) is 0.232. The summed E-state index contributed by atoms with van der Waals surface area (Å²) in [6, 6.07) is 0. The molecule has 2 N–H and O–H groups in total. The van der Waals surface area contributed by atoms with E-state index in [0.717, 1.165) is 11.8 Å². The summed E-state index contributed by atoms with van der Waals surface area (Å²) in [5, 5.41) is 16.1. The third-order valence-electron chi connectivity index (χ3n) is 2.35. The minimum absolute atomic E-state index is 0.0702. The van der Waals surface area contributed by atoms with Crippen molar-refractivity contribution >= 4 is 58.6 Å². The molecule has 0 bridgehead atoms. The van der Waals surface area contributed by atoms with E-state index in [4.69, 9.17) is 27.7 Å². The van der Waals surface area contributed by atoms with E-state index in [0.29, 0.717) is 24.0 Å². The molecule has 1 aliphatic heterocycles. The van der Waals surface area contributed by atoms with Crippen molar-refractivity contribution < 1.29 is 14.0 Å². The highest BCUT2D eigenvalue weighted by molar-refractivity contribution is 9.11. The van der Waals surface area contributed by atoms with E-state index in [2.05, 4.69) is 26.1 Å². The average molecular weight is 443 g/mol. The molecule has 1 heterocycles. The lowest BCUT2D eigenvalue weighted by Crippen LogP contribution is -2.28. The van der Waals surface area contributed by atoms with E-state index in [1.807, 2.05) is 0 Å². The van der Waals surface area contributed by atoms with Gasteiger partial charge >= 0.3 is 12.7 Å². The van der Waals surface area contributed by atoms with Gasteiger partial charge in [-0.1, -0.05) is 0 Å². The van der Waals surface area contributed by atoms with Crippen LogP contribution in [0.5, 0.6) is 0 Å². The fourth-order valence-electron chi connectivity index (χ4n) is 1.50. The van der Waals surface area contributed by atoms with E-state index in [9.17, 15) is 14.7 Å². The van der Waals surface area contributed by atoms with Crippen molar-refractivity contribution in [2.75, 3.05) is 31.5 Å². The number of hydrogen-bond donors (Lipinski definition) is 2. The molecule has 0 spiro atoms. The third-order valence-corrected chi connectivity index (χ3v) is 6.74. The summed E-state index contributed by atoms with van der Waals surface area (Å²) in [4.78, 5) is 10.3. The molecule has 0 aromatic rings. The first-order chi connectivity index (χ1) is 9.91. The molecule has 12 heteroatoms. The second-order valence-electron chi connectivity index (χ2n) is 3.95. The van der Waals surface area contributed by atoms with Crippen molar-refractivity contribution in [3.05, 3.63) is 19.6 Å². The van der Waals surface area contributed by atoms with Crippen LogP contribution in [-0.2, 0) is 9.09 Å². The molecule has 0 aliphatic carbocycles. The fourth-order valence-corrected chi connectivity index (χ4v) is 5.58. The largest absolute Gasteiger partial charge is 0.340 e. The average Bonchev–Trinajstić information content (AvgIpc) is 2.82. The Morgan fingerprint density at radius 3 is 2.43 bits per heavy atom. The minimum Gasteiger partial charge on any atom is -0.305 e. The van der Waals surface area contributed by atoms with Gasteiger partial charge in [-0.3, -0.25) is 14.7 Å². The predicted octanol–water partition coefficient (Wildman–Crippen LogP) is 3.11. The maximum atomic E-state index is 12.5. The summed E-state index contributed by atoms with van der Waals surface area (Å²) in [5.41, 5.74) is 0. The van der Waals surface area contributed by atoms with E-state index in [1.165, 1.54) is 0 Å². The zero-order valence-electron chi connectivity index (χ0n) is 10.9. The Balaban J connectivity index is 2.51. The number of allylic oxidation sites excluding steroid dienone is 1. The molecule has 1 rings (SSSR count). The lowest BCUT2D eigenvalue weighted by atomic mass is 10.3. The molecule has 0 saturated heterocycles. The number of rotatable bonds is 10. The minimum atomic E-state index is -3.25. The molecule has 21 heavy (non-hydrogen) atoms. The van der Waals surface area contributed by atoms with Gasteiger partial charge in [0.1, 0.15) is 0 Å². The van der Waals surface area contributed by atoms with Crippen LogP contribution < -0.4 is 10.2 Å².